The van der Waals surface area contributed by atoms with Gasteiger partial charge in [-0.1, -0.05) is 181 Å². The van der Waals surface area contributed by atoms with Crippen molar-refractivity contribution in [1.82, 2.24) is 14.5 Å². The lowest BCUT2D eigenvalue weighted by molar-refractivity contribution is 0.466. The van der Waals surface area contributed by atoms with Gasteiger partial charge in [0.25, 0.3) is 0 Å². The molecule has 0 aliphatic carbocycles. The largest absolute Gasteiger partial charge is 0.507 e. The van der Waals surface area contributed by atoms with Gasteiger partial charge < -0.3 is 5.11 Å². The summed E-state index contributed by atoms with van der Waals surface area (Å²) in [4.78, 5) is 10.7. The Balaban J connectivity index is 1.31. The lowest BCUT2D eigenvalue weighted by atomic mass is 9.88. The van der Waals surface area contributed by atoms with Crippen LogP contribution in [0, 0.1) is 0 Å². The van der Waals surface area contributed by atoms with E-state index in [0.717, 1.165) is 100 Å². The van der Waals surface area contributed by atoms with Crippen LogP contribution in [0.15, 0.2) is 200 Å². The fraction of sp³-hybridized carbons (Fsp3) is 0.143. The number of nitrogens with zero attached hydrogens (tertiary/aromatic N) is 3. The van der Waals surface area contributed by atoms with Crippen LogP contribution in [-0.4, -0.2) is 19.6 Å². The third-order valence-electron chi connectivity index (χ3n) is 13.0. The number of hydrogen-bond acceptors (Lipinski definition) is 3. The van der Waals surface area contributed by atoms with E-state index in [1.54, 1.807) is 0 Å². The van der Waals surface area contributed by atoms with E-state index < -0.39 is 5.89 Å². The van der Waals surface area contributed by atoms with Crippen molar-refractivity contribution >= 4 is 11.0 Å². The number of benzene rings is 8. The van der Waals surface area contributed by atoms with Gasteiger partial charge in [-0.05, 0) is 134 Å². The molecule has 10 rings (SSSR count). The molecule has 0 saturated carbocycles. The number of phenols is 1. The Bertz CT molecular complexity index is 3420. The minimum absolute atomic E-state index is 0.0668. The normalized spacial score (nSPS) is 12.0. The highest BCUT2D eigenvalue weighted by atomic mass is 16.3. The second-order valence-electron chi connectivity index (χ2n) is 18.4. The number of fused-ring (bicyclic) bond motifs is 1. The first kappa shape index (κ1) is 41.9. The van der Waals surface area contributed by atoms with E-state index in [9.17, 15) is 6.48 Å². The van der Waals surface area contributed by atoms with Crippen molar-refractivity contribution in [1.29, 1.82) is 0 Å². The quantitative estimate of drug-likeness (QED) is 0.141. The lowest BCUT2D eigenvalue weighted by Gasteiger charge is -2.22. The molecule has 0 bridgehead atoms. The second kappa shape index (κ2) is 18.2. The molecule has 0 spiro atoms. The monoisotopic (exact) mass is 870 g/mol. The van der Waals surface area contributed by atoms with E-state index in [2.05, 4.69) is 202 Å². The van der Waals surface area contributed by atoms with Gasteiger partial charge in [0.05, 0.1) is 28.0 Å². The van der Waals surface area contributed by atoms with Gasteiger partial charge in [0.1, 0.15) is 11.6 Å². The molecule has 0 aliphatic heterocycles. The molecule has 0 amide bonds. The van der Waals surface area contributed by atoms with Crippen LogP contribution in [0.2, 0.25) is 0 Å². The zero-order valence-corrected chi connectivity index (χ0v) is 39.0. The standard InChI is InChI=1S/C63H55N3O/c1-40(2)48-35-54(42(5)6)62(67)57(36-48)63-65-61-52(50-32-49(44-22-13-8-14-23-44)33-51(34-50)58-37-47(30-31-64-58)43-20-11-7-12-21-43)28-19-29-59(61)66(63)60-39-55(45-24-15-9-16-25-45)53(41(3)4)38-56(60)46-26-17-10-18-27-46/h7-42,67H,1-6H3/i41D. The van der Waals surface area contributed by atoms with E-state index in [-0.39, 0.29) is 17.6 Å². The van der Waals surface area contributed by atoms with Crippen LogP contribution in [0.4, 0.5) is 0 Å². The van der Waals surface area contributed by atoms with Crippen molar-refractivity contribution < 1.29 is 6.48 Å². The van der Waals surface area contributed by atoms with Crippen LogP contribution in [0.5, 0.6) is 5.75 Å². The zero-order chi connectivity index (χ0) is 47.1. The molecule has 0 aliphatic rings. The molecule has 0 fully saturated rings. The topological polar surface area (TPSA) is 50.9 Å². The predicted octanol–water partition coefficient (Wildman–Crippen LogP) is 17.2. The molecule has 0 radical (unpaired) electrons. The van der Waals surface area contributed by atoms with Gasteiger partial charge in [-0.15, -0.1) is 0 Å². The summed E-state index contributed by atoms with van der Waals surface area (Å²) in [5, 5.41) is 12.5. The third-order valence-corrected chi connectivity index (χ3v) is 13.0. The van der Waals surface area contributed by atoms with Gasteiger partial charge in [0.2, 0.25) is 0 Å². The second-order valence-corrected chi connectivity index (χ2v) is 18.4. The number of hydrogen-bond donors (Lipinski definition) is 1. The van der Waals surface area contributed by atoms with E-state index >= 15 is 0 Å². The molecule has 1 N–H and O–H groups in total. The smallest absolute Gasteiger partial charge is 0.149 e. The number of aromatic nitrogens is 3. The van der Waals surface area contributed by atoms with Gasteiger partial charge in [-0.2, -0.15) is 0 Å². The highest BCUT2D eigenvalue weighted by Gasteiger charge is 2.26. The predicted molar refractivity (Wildman–Crippen MR) is 281 cm³/mol. The van der Waals surface area contributed by atoms with Crippen molar-refractivity contribution in [2.75, 3.05) is 0 Å². The minimum atomic E-state index is -0.923. The first-order valence-electron chi connectivity index (χ1n) is 23.8. The number of imidazole rings is 1. The summed E-state index contributed by atoms with van der Waals surface area (Å²) in [5.41, 5.74) is 18.4. The van der Waals surface area contributed by atoms with Gasteiger partial charge in [-0.25, -0.2) is 4.98 Å². The first-order valence-corrected chi connectivity index (χ1v) is 23.3. The van der Waals surface area contributed by atoms with Crippen molar-refractivity contribution in [3.63, 3.8) is 0 Å². The Morgan fingerprint density at radius 2 is 1.03 bits per heavy atom. The highest BCUT2D eigenvalue weighted by molar-refractivity contribution is 5.99. The Morgan fingerprint density at radius 3 is 1.64 bits per heavy atom. The molecule has 328 valence electrons. The van der Waals surface area contributed by atoms with Crippen LogP contribution in [0.25, 0.3) is 95.0 Å². The third kappa shape index (κ3) is 8.36. The molecule has 10 aromatic rings. The Hall–Kier alpha value is -7.82. The minimum Gasteiger partial charge on any atom is -0.507 e. The summed E-state index contributed by atoms with van der Waals surface area (Å²) in [5.74, 6) is 0.218. The maximum Gasteiger partial charge on any atom is 0.149 e. The number of phenolic OH excluding ortho intramolecular Hbond substituents is 1. The molecule has 4 heteroatoms. The molecule has 8 aromatic carbocycles. The number of para-hydroxylation sites is 1. The fourth-order valence-electron chi connectivity index (χ4n) is 9.40. The SMILES string of the molecule is [2H]C(C)(C)c1cc(-c2ccccc2)c(-n2c(-c3cc(C(C)C)cc(C(C)C)c3O)nc3c(-c4cc(-c5ccccc5)cc(-c5cc(-c6ccccc6)ccn5)c4)cccc32)cc1-c1ccccc1. The zero-order valence-electron chi connectivity index (χ0n) is 40.0. The summed E-state index contributed by atoms with van der Waals surface area (Å²) in [7, 11) is 0. The summed E-state index contributed by atoms with van der Waals surface area (Å²) in [6.45, 7) is 12.6. The van der Waals surface area contributed by atoms with Crippen molar-refractivity contribution in [3.8, 4) is 89.7 Å². The van der Waals surface area contributed by atoms with Crippen molar-refractivity contribution in [2.24, 2.45) is 0 Å². The lowest BCUT2D eigenvalue weighted by Crippen LogP contribution is -2.05. The fourth-order valence-corrected chi connectivity index (χ4v) is 9.40. The maximum absolute atomic E-state index is 12.5. The van der Waals surface area contributed by atoms with E-state index in [0.29, 0.717) is 11.4 Å². The molecule has 0 unspecified atom stereocenters. The van der Waals surface area contributed by atoms with Crippen molar-refractivity contribution in [2.45, 2.75) is 59.3 Å². The Morgan fingerprint density at radius 1 is 0.448 bits per heavy atom. The molecular formula is C63H55N3O. The average Bonchev–Trinajstić information content (AvgIpc) is 3.76. The Kier molecular flexibility index (Phi) is 11.4. The van der Waals surface area contributed by atoms with Crippen LogP contribution in [0.3, 0.4) is 0 Å². The van der Waals surface area contributed by atoms with Crippen LogP contribution >= 0.6 is 0 Å². The van der Waals surface area contributed by atoms with Gasteiger partial charge >= 0.3 is 0 Å². The molecule has 4 nitrogen and oxygen atoms in total. The highest BCUT2D eigenvalue weighted by Crippen LogP contribution is 2.46. The van der Waals surface area contributed by atoms with Gasteiger partial charge in [-0.3, -0.25) is 9.55 Å². The number of pyridine rings is 1. The molecule has 2 aromatic heterocycles. The molecule has 0 saturated heterocycles. The number of aromatic hydroxyl groups is 1. The van der Waals surface area contributed by atoms with E-state index in [1.165, 1.54) is 0 Å². The van der Waals surface area contributed by atoms with Crippen LogP contribution in [-0.2, 0) is 0 Å². The average molecular weight is 871 g/mol. The summed E-state index contributed by atoms with van der Waals surface area (Å²) in [6, 6.07) is 67.9. The summed E-state index contributed by atoms with van der Waals surface area (Å²) >= 11 is 0. The molecule has 2 heterocycles. The summed E-state index contributed by atoms with van der Waals surface area (Å²) in [6.07, 6.45) is 1.89. The van der Waals surface area contributed by atoms with Gasteiger partial charge in [0, 0.05) is 24.3 Å². The van der Waals surface area contributed by atoms with Crippen LogP contribution < -0.4 is 0 Å². The molecule has 67 heavy (non-hydrogen) atoms. The molecule has 0 atom stereocenters. The summed E-state index contributed by atoms with van der Waals surface area (Å²) < 4.78 is 11.8. The van der Waals surface area contributed by atoms with E-state index in [1.807, 2.05) is 44.3 Å². The Labute approximate surface area is 396 Å². The van der Waals surface area contributed by atoms with E-state index in [4.69, 9.17) is 9.97 Å². The van der Waals surface area contributed by atoms with Gasteiger partial charge in [0.15, 0.2) is 0 Å². The van der Waals surface area contributed by atoms with Crippen LogP contribution in [0.1, 0.15) is 77.3 Å². The van der Waals surface area contributed by atoms with Crippen molar-refractivity contribution in [3.05, 3.63) is 217 Å². The number of rotatable bonds is 11. The first-order chi connectivity index (χ1) is 32.9. The molecular weight excluding hydrogens is 815 g/mol. The maximum atomic E-state index is 12.5.